The lowest BCUT2D eigenvalue weighted by molar-refractivity contribution is -0.124. The highest BCUT2D eigenvalue weighted by atomic mass is 16.2. The highest BCUT2D eigenvalue weighted by molar-refractivity contribution is 5.93. The van der Waals surface area contributed by atoms with Gasteiger partial charge in [-0.05, 0) is 37.8 Å². The molecule has 1 fully saturated rings. The second-order valence-corrected chi connectivity index (χ2v) is 4.98. The Bertz CT molecular complexity index is 507. The van der Waals surface area contributed by atoms with Crippen molar-refractivity contribution >= 4 is 23.2 Å². The molecule has 0 aliphatic heterocycles. The lowest BCUT2D eigenvalue weighted by Gasteiger charge is -2.04. The molecule has 0 atom stereocenters. The Morgan fingerprint density at radius 2 is 1.80 bits per heavy atom. The average molecular weight is 273 g/mol. The summed E-state index contributed by atoms with van der Waals surface area (Å²) in [4.78, 5) is 23.2. The minimum atomic E-state index is -0.229. The molecule has 0 radical (unpaired) electrons. The molecule has 1 aliphatic rings. The molecule has 5 nitrogen and oxygen atoms in total. The highest BCUT2D eigenvalue weighted by Crippen LogP contribution is 2.30. The maximum atomic E-state index is 11.6. The van der Waals surface area contributed by atoms with Crippen LogP contribution in [-0.2, 0) is 9.59 Å². The summed E-state index contributed by atoms with van der Waals surface area (Å²) < 4.78 is 0. The van der Waals surface area contributed by atoms with Crippen molar-refractivity contribution in [1.29, 1.82) is 0 Å². The van der Waals surface area contributed by atoms with Gasteiger partial charge in [0.2, 0.25) is 11.8 Å². The molecule has 20 heavy (non-hydrogen) atoms. The van der Waals surface area contributed by atoms with Gasteiger partial charge in [0, 0.05) is 24.2 Å². The van der Waals surface area contributed by atoms with Crippen molar-refractivity contribution in [2.75, 3.05) is 5.32 Å². The van der Waals surface area contributed by atoms with Gasteiger partial charge in [0.1, 0.15) is 0 Å². The fraction of sp³-hybridized carbons (Fsp3) is 0.400. The van der Waals surface area contributed by atoms with E-state index in [1.807, 2.05) is 25.1 Å². The van der Waals surface area contributed by atoms with E-state index in [1.165, 1.54) is 0 Å². The van der Waals surface area contributed by atoms with Gasteiger partial charge >= 0.3 is 0 Å². The molecule has 2 N–H and O–H groups in total. The van der Waals surface area contributed by atoms with E-state index < -0.39 is 0 Å². The zero-order valence-corrected chi connectivity index (χ0v) is 11.6. The van der Waals surface area contributed by atoms with Gasteiger partial charge < -0.3 is 5.32 Å². The number of hydrazone groups is 1. The van der Waals surface area contributed by atoms with Crippen molar-refractivity contribution < 1.29 is 9.59 Å². The molecule has 0 aromatic heterocycles. The fourth-order valence-electron chi connectivity index (χ4n) is 1.77. The SMILES string of the molecule is C/C(=N\NC(=O)CCC(=O)Nc1ccccc1)C1CC1. The van der Waals surface area contributed by atoms with Gasteiger partial charge in [0.05, 0.1) is 0 Å². The van der Waals surface area contributed by atoms with Gasteiger partial charge in [-0.3, -0.25) is 9.59 Å². The topological polar surface area (TPSA) is 70.6 Å². The summed E-state index contributed by atoms with van der Waals surface area (Å²) >= 11 is 0. The van der Waals surface area contributed by atoms with E-state index >= 15 is 0 Å². The monoisotopic (exact) mass is 273 g/mol. The molecule has 0 saturated heterocycles. The number of nitrogens with one attached hydrogen (secondary N) is 2. The van der Waals surface area contributed by atoms with Crippen molar-refractivity contribution in [3.8, 4) is 0 Å². The van der Waals surface area contributed by atoms with Crippen molar-refractivity contribution in [2.45, 2.75) is 32.6 Å². The number of carbonyl (C=O) groups is 2. The van der Waals surface area contributed by atoms with Gasteiger partial charge in [-0.1, -0.05) is 18.2 Å². The molecule has 106 valence electrons. The molecule has 0 unspecified atom stereocenters. The van der Waals surface area contributed by atoms with Crippen LogP contribution in [0.2, 0.25) is 0 Å². The van der Waals surface area contributed by atoms with Crippen LogP contribution in [0.1, 0.15) is 32.6 Å². The molecule has 1 saturated carbocycles. The van der Waals surface area contributed by atoms with Crippen molar-refractivity contribution in [3.05, 3.63) is 30.3 Å². The third-order valence-electron chi connectivity index (χ3n) is 3.16. The van der Waals surface area contributed by atoms with E-state index in [1.54, 1.807) is 12.1 Å². The molecular formula is C15H19N3O2. The normalized spacial score (nSPS) is 14.8. The first-order chi connectivity index (χ1) is 9.65. The van der Waals surface area contributed by atoms with Crippen LogP contribution in [0.3, 0.4) is 0 Å². The minimum absolute atomic E-state index is 0.139. The Labute approximate surface area is 118 Å². The lowest BCUT2D eigenvalue weighted by Crippen LogP contribution is -2.21. The molecule has 0 heterocycles. The minimum Gasteiger partial charge on any atom is -0.326 e. The summed E-state index contributed by atoms with van der Waals surface area (Å²) in [7, 11) is 0. The number of rotatable bonds is 6. The number of hydrogen-bond acceptors (Lipinski definition) is 3. The van der Waals surface area contributed by atoms with Gasteiger partial charge in [-0.2, -0.15) is 5.10 Å². The summed E-state index contributed by atoms with van der Waals surface area (Å²) in [5, 5.41) is 6.77. The molecule has 1 aliphatic carbocycles. The van der Waals surface area contributed by atoms with Crippen LogP contribution in [0.5, 0.6) is 0 Å². The summed E-state index contributed by atoms with van der Waals surface area (Å²) in [6.07, 6.45) is 2.61. The van der Waals surface area contributed by atoms with Gasteiger partial charge in [-0.25, -0.2) is 5.43 Å². The molecule has 5 heteroatoms. The predicted octanol–water partition coefficient (Wildman–Crippen LogP) is 2.31. The van der Waals surface area contributed by atoms with E-state index in [-0.39, 0.29) is 24.7 Å². The van der Waals surface area contributed by atoms with Crippen LogP contribution in [0.4, 0.5) is 5.69 Å². The summed E-state index contributed by atoms with van der Waals surface area (Å²) in [6.45, 7) is 1.92. The Morgan fingerprint density at radius 3 is 2.45 bits per heavy atom. The number of benzene rings is 1. The first-order valence-electron chi connectivity index (χ1n) is 6.83. The second-order valence-electron chi connectivity index (χ2n) is 4.98. The van der Waals surface area contributed by atoms with Gasteiger partial charge in [0.15, 0.2) is 0 Å². The van der Waals surface area contributed by atoms with E-state index in [9.17, 15) is 9.59 Å². The molecule has 0 spiro atoms. The molecule has 2 rings (SSSR count). The zero-order valence-electron chi connectivity index (χ0n) is 11.6. The van der Waals surface area contributed by atoms with Crippen LogP contribution in [0.15, 0.2) is 35.4 Å². The molecule has 1 aromatic rings. The van der Waals surface area contributed by atoms with Crippen LogP contribution < -0.4 is 10.7 Å². The van der Waals surface area contributed by atoms with Crippen molar-refractivity contribution in [2.24, 2.45) is 11.0 Å². The molecule has 1 aromatic carbocycles. The highest BCUT2D eigenvalue weighted by Gasteiger charge is 2.24. The summed E-state index contributed by atoms with van der Waals surface area (Å²) in [5.74, 6) is 0.138. The third kappa shape index (κ3) is 4.84. The molecular weight excluding hydrogens is 254 g/mol. The Balaban J connectivity index is 1.67. The quantitative estimate of drug-likeness (QED) is 0.616. The molecule has 2 amide bonds. The van der Waals surface area contributed by atoms with E-state index in [4.69, 9.17) is 0 Å². The van der Waals surface area contributed by atoms with Crippen molar-refractivity contribution in [1.82, 2.24) is 5.43 Å². The first-order valence-corrected chi connectivity index (χ1v) is 6.83. The van der Waals surface area contributed by atoms with Crippen LogP contribution in [0, 0.1) is 5.92 Å². The number of nitrogens with zero attached hydrogens (tertiary/aromatic N) is 1. The number of para-hydroxylation sites is 1. The smallest absolute Gasteiger partial charge is 0.240 e. The largest absolute Gasteiger partial charge is 0.326 e. The zero-order chi connectivity index (χ0) is 14.4. The second kappa shape index (κ2) is 6.84. The standard InChI is InChI=1S/C15H19N3O2/c1-11(12-7-8-12)17-18-15(20)10-9-14(19)16-13-5-3-2-4-6-13/h2-6,12H,7-10H2,1H3,(H,16,19)(H,18,20)/b17-11+. The Morgan fingerprint density at radius 1 is 1.15 bits per heavy atom. The summed E-state index contributed by atoms with van der Waals surface area (Å²) in [6, 6.07) is 9.18. The van der Waals surface area contributed by atoms with Crippen LogP contribution >= 0.6 is 0 Å². The lowest BCUT2D eigenvalue weighted by atomic mass is 10.2. The molecule has 0 bridgehead atoms. The Kier molecular flexibility index (Phi) is 4.87. The summed E-state index contributed by atoms with van der Waals surface area (Å²) in [5.41, 5.74) is 4.19. The first kappa shape index (κ1) is 14.2. The number of amides is 2. The predicted molar refractivity (Wildman–Crippen MR) is 78.3 cm³/mol. The van der Waals surface area contributed by atoms with Crippen LogP contribution in [-0.4, -0.2) is 17.5 Å². The Hall–Kier alpha value is -2.17. The fourth-order valence-corrected chi connectivity index (χ4v) is 1.77. The maximum absolute atomic E-state index is 11.6. The number of carbonyl (C=O) groups excluding carboxylic acids is 2. The van der Waals surface area contributed by atoms with Gasteiger partial charge in [-0.15, -0.1) is 0 Å². The maximum Gasteiger partial charge on any atom is 0.240 e. The van der Waals surface area contributed by atoms with E-state index in [2.05, 4.69) is 15.8 Å². The number of anilines is 1. The van der Waals surface area contributed by atoms with Crippen LogP contribution in [0.25, 0.3) is 0 Å². The van der Waals surface area contributed by atoms with E-state index in [0.717, 1.165) is 24.2 Å². The van der Waals surface area contributed by atoms with Gasteiger partial charge in [0.25, 0.3) is 0 Å². The number of hydrogen-bond donors (Lipinski definition) is 2. The van der Waals surface area contributed by atoms with E-state index in [0.29, 0.717) is 5.92 Å². The average Bonchev–Trinajstić information content (AvgIpc) is 3.28. The van der Waals surface area contributed by atoms with Crippen molar-refractivity contribution in [3.63, 3.8) is 0 Å². The third-order valence-corrected chi connectivity index (χ3v) is 3.16.